The summed E-state index contributed by atoms with van der Waals surface area (Å²) in [5.41, 5.74) is 1.12. The quantitative estimate of drug-likeness (QED) is 0.449. The maximum atomic E-state index is 12.8. The first-order valence-electron chi connectivity index (χ1n) is 10.0. The van der Waals surface area contributed by atoms with Crippen LogP contribution in [0.15, 0.2) is 35.1 Å². The van der Waals surface area contributed by atoms with Crippen molar-refractivity contribution >= 4 is 25.7 Å². The summed E-state index contributed by atoms with van der Waals surface area (Å²) >= 11 is -0.897. The van der Waals surface area contributed by atoms with Crippen LogP contribution < -0.4 is 10.9 Å². The zero-order valence-electron chi connectivity index (χ0n) is 16.7. The van der Waals surface area contributed by atoms with Crippen molar-refractivity contribution < 1.29 is 4.79 Å². The second-order valence-corrected chi connectivity index (χ2v) is 14.4. The van der Waals surface area contributed by atoms with Crippen molar-refractivity contribution in [3.63, 3.8) is 0 Å². The van der Waals surface area contributed by atoms with Crippen molar-refractivity contribution in [2.75, 3.05) is 4.43 Å². The number of aromatic nitrogens is 2. The molecule has 1 amide bonds. The van der Waals surface area contributed by atoms with Crippen molar-refractivity contribution in [1.82, 2.24) is 15.3 Å². The van der Waals surface area contributed by atoms with Crippen LogP contribution in [0.4, 0.5) is 0 Å². The Kier molecular flexibility index (Phi) is 5.33. The van der Waals surface area contributed by atoms with Gasteiger partial charge in [0.05, 0.1) is 0 Å². The Morgan fingerprint density at radius 2 is 2.07 bits per heavy atom. The molecule has 150 valence electrons. The number of alkyl halides is 2. The summed E-state index contributed by atoms with van der Waals surface area (Å²) in [6, 6.07) is 10.2. The fraction of sp³-hybridized carbons (Fsp3) is 0.500. The van der Waals surface area contributed by atoms with E-state index in [1.807, 2.05) is 0 Å². The molecule has 6 heteroatoms. The van der Waals surface area contributed by atoms with E-state index in [4.69, 9.17) is 0 Å². The number of aromatic amines is 1. The van der Waals surface area contributed by atoms with Crippen LogP contribution in [0.2, 0.25) is 0 Å². The molecule has 2 heterocycles. The van der Waals surface area contributed by atoms with Gasteiger partial charge in [-0.2, -0.15) is 0 Å². The zero-order valence-corrected chi connectivity index (χ0v) is 18.9. The van der Waals surface area contributed by atoms with E-state index in [2.05, 4.69) is 53.4 Å². The first kappa shape index (κ1) is 19.6. The topological polar surface area (TPSA) is 74.8 Å². The maximum absolute atomic E-state index is 12.8. The van der Waals surface area contributed by atoms with Crippen molar-refractivity contribution in [1.29, 1.82) is 0 Å². The molecular formula is C22H28IN3O2. The van der Waals surface area contributed by atoms with E-state index in [9.17, 15) is 9.59 Å². The van der Waals surface area contributed by atoms with Crippen LogP contribution in [0.5, 0.6) is 0 Å². The molecule has 1 saturated heterocycles. The minimum absolute atomic E-state index is 0.0510. The molecule has 1 unspecified atom stereocenters. The number of hydrogen-bond donors (Lipinski definition) is 2. The van der Waals surface area contributed by atoms with Gasteiger partial charge in [-0.3, -0.25) is 0 Å². The molecule has 4 rings (SSSR count). The fourth-order valence-electron chi connectivity index (χ4n) is 3.80. The van der Waals surface area contributed by atoms with E-state index in [-0.39, 0.29) is 28.6 Å². The van der Waals surface area contributed by atoms with E-state index in [0.717, 1.165) is 22.3 Å². The number of nitrogens with one attached hydrogen (secondary N) is 2. The van der Waals surface area contributed by atoms with Crippen molar-refractivity contribution in [3.05, 3.63) is 61.3 Å². The Bertz CT molecular complexity index is 934. The number of hydrogen-bond acceptors (Lipinski definition) is 3. The van der Waals surface area contributed by atoms with E-state index in [1.54, 1.807) is 10.5 Å². The third-order valence-electron chi connectivity index (χ3n) is 5.79. The molecule has 28 heavy (non-hydrogen) atoms. The molecule has 2 atom stereocenters. The normalized spacial score (nSPS) is 21.8. The van der Waals surface area contributed by atoms with Gasteiger partial charge in [0.15, 0.2) is 0 Å². The first-order chi connectivity index (χ1) is 13.4. The number of carbonyl (C=O) groups excluding carboxylic acids is 1. The Balaban J connectivity index is 1.52. The third kappa shape index (κ3) is 4.16. The molecule has 1 aromatic carbocycles. The number of nitrogens with zero attached hydrogens (tertiary/aromatic N) is 1. The number of aryl methyl sites for hydroxylation is 1. The van der Waals surface area contributed by atoms with Crippen LogP contribution >= 0.6 is 19.8 Å². The summed E-state index contributed by atoms with van der Waals surface area (Å²) in [7, 11) is 0. The van der Waals surface area contributed by atoms with E-state index in [0.29, 0.717) is 5.82 Å². The number of H-pyrrole nitrogens is 1. The second kappa shape index (κ2) is 7.61. The molecule has 1 saturated carbocycles. The third-order valence-corrected chi connectivity index (χ3v) is 12.2. The molecule has 2 N–H and O–H groups in total. The molecule has 0 bridgehead atoms. The molecule has 2 aliphatic rings. The Morgan fingerprint density at radius 1 is 1.36 bits per heavy atom. The zero-order chi connectivity index (χ0) is 19.9. The van der Waals surface area contributed by atoms with E-state index in [1.165, 1.54) is 23.3 Å². The molecule has 1 aliphatic heterocycles. The monoisotopic (exact) mass is 493 g/mol. The minimum atomic E-state index is -0.897. The van der Waals surface area contributed by atoms with Gasteiger partial charge >= 0.3 is 173 Å². The predicted octanol–water partition coefficient (Wildman–Crippen LogP) is 4.21. The van der Waals surface area contributed by atoms with Crippen LogP contribution in [-0.2, 0) is 0 Å². The average Bonchev–Trinajstić information content (AvgIpc) is 3.57. The van der Waals surface area contributed by atoms with Crippen LogP contribution in [0.25, 0.3) is 0 Å². The Morgan fingerprint density at radius 3 is 2.68 bits per heavy atom. The van der Waals surface area contributed by atoms with Gasteiger partial charge < -0.3 is 0 Å². The molecule has 2 fully saturated rings. The van der Waals surface area contributed by atoms with Crippen LogP contribution in [0, 0.1) is 15.9 Å². The summed E-state index contributed by atoms with van der Waals surface area (Å²) in [4.78, 5) is 31.3. The second-order valence-electron chi connectivity index (χ2n) is 8.27. The molecular weight excluding hydrogens is 465 g/mol. The number of rotatable bonds is 7. The van der Waals surface area contributed by atoms with Gasteiger partial charge in [0.2, 0.25) is 0 Å². The molecule has 0 spiro atoms. The molecule has 1 aromatic heterocycles. The van der Waals surface area contributed by atoms with Crippen molar-refractivity contribution in [3.8, 4) is 0 Å². The van der Waals surface area contributed by atoms with E-state index < -0.39 is 19.8 Å². The summed E-state index contributed by atoms with van der Waals surface area (Å²) in [6.07, 6.45) is 4.86. The fourth-order valence-corrected chi connectivity index (χ4v) is 10.4. The summed E-state index contributed by atoms with van der Waals surface area (Å²) in [5, 5.41) is 3.16. The molecule has 5 nitrogen and oxygen atoms in total. The van der Waals surface area contributed by atoms with Gasteiger partial charge in [-0.25, -0.2) is 0 Å². The Labute approximate surface area is 173 Å². The molecule has 1 aliphatic carbocycles. The van der Waals surface area contributed by atoms with Gasteiger partial charge in [0.25, 0.3) is 0 Å². The van der Waals surface area contributed by atoms with Gasteiger partial charge in [0, 0.05) is 0 Å². The van der Waals surface area contributed by atoms with Crippen molar-refractivity contribution in [2.45, 2.75) is 56.4 Å². The number of benzene rings is 1. The summed E-state index contributed by atoms with van der Waals surface area (Å²) < 4.78 is 4.04. The standard InChI is InChI=1S/C22H28IN3O2/c1-4-5-17-13-23(17)16-8-6-15(7-9-16)20(22(3)10-11-22)26-21(28)18-12-19(27)25-14(2)24-18/h6-9,12,17,20H,4-5,10-11,13H2,1-3H3,(H,26,28)(H,24,25,27)/t17?,20-/m0/s1. The van der Waals surface area contributed by atoms with Gasteiger partial charge in [-0.15, -0.1) is 0 Å². The predicted molar refractivity (Wildman–Crippen MR) is 120 cm³/mol. The van der Waals surface area contributed by atoms with Crippen LogP contribution in [0.3, 0.4) is 0 Å². The summed E-state index contributed by atoms with van der Waals surface area (Å²) in [5.74, 6) is 0.171. The van der Waals surface area contributed by atoms with E-state index >= 15 is 0 Å². The first-order valence-corrected chi connectivity index (χ1v) is 13.9. The van der Waals surface area contributed by atoms with Crippen molar-refractivity contribution in [2.24, 2.45) is 5.41 Å². The average molecular weight is 493 g/mol. The van der Waals surface area contributed by atoms with Gasteiger partial charge in [-0.1, -0.05) is 0 Å². The Hall–Kier alpha value is -1.70. The molecule has 0 radical (unpaired) electrons. The number of carbonyl (C=O) groups is 1. The van der Waals surface area contributed by atoms with Crippen LogP contribution in [0.1, 0.15) is 67.4 Å². The molecule has 2 aromatic rings. The summed E-state index contributed by atoms with van der Waals surface area (Å²) in [6.45, 7) is 6.18. The number of amides is 1. The van der Waals surface area contributed by atoms with Gasteiger partial charge in [-0.05, 0) is 0 Å². The van der Waals surface area contributed by atoms with Crippen LogP contribution in [-0.4, -0.2) is 24.2 Å². The number of halogens is 1. The SMILES string of the molecule is CCCC1CI1c1ccc([C@H](NC(=O)c2cc(=O)[nH]c(C)n2)C2(C)CC2)cc1. The van der Waals surface area contributed by atoms with Gasteiger partial charge in [0.1, 0.15) is 0 Å².